The van der Waals surface area contributed by atoms with Gasteiger partial charge >= 0.3 is 0 Å². The molecule has 2 aliphatic heterocycles. The van der Waals surface area contributed by atoms with E-state index in [-0.39, 0.29) is 18.1 Å². The van der Waals surface area contributed by atoms with Gasteiger partial charge in [0, 0.05) is 56.2 Å². The van der Waals surface area contributed by atoms with Crippen LogP contribution in [0.5, 0.6) is 11.5 Å². The minimum absolute atomic E-state index is 0.116. The van der Waals surface area contributed by atoms with E-state index < -0.39 is 11.7 Å². The van der Waals surface area contributed by atoms with Crippen LogP contribution in [0.2, 0.25) is 0 Å². The number of methoxy groups -OCH3 is 2. The summed E-state index contributed by atoms with van der Waals surface area (Å²) in [5, 5.41) is 4.50. The summed E-state index contributed by atoms with van der Waals surface area (Å²) in [6.45, 7) is 3.13. The Bertz CT molecular complexity index is 1420. The quantitative estimate of drug-likeness (QED) is 0.508. The van der Waals surface area contributed by atoms with Gasteiger partial charge in [-0.3, -0.25) is 9.59 Å². The maximum atomic E-state index is 13.5. The summed E-state index contributed by atoms with van der Waals surface area (Å²) < 4.78 is 22.9. The lowest BCUT2D eigenvalue weighted by molar-refractivity contribution is -0.0552. The van der Waals surface area contributed by atoms with E-state index in [9.17, 15) is 9.59 Å². The van der Waals surface area contributed by atoms with Crippen molar-refractivity contribution in [2.45, 2.75) is 37.0 Å². The van der Waals surface area contributed by atoms with Gasteiger partial charge in [-0.15, -0.1) is 0 Å². The van der Waals surface area contributed by atoms with E-state index in [0.717, 1.165) is 32.5 Å². The molecule has 2 aromatic rings. The van der Waals surface area contributed by atoms with Crippen LogP contribution in [0.25, 0.3) is 23.4 Å². The van der Waals surface area contributed by atoms with Gasteiger partial charge < -0.3 is 34.1 Å². The average Bonchev–Trinajstić information content (AvgIpc) is 3.45. The fourth-order valence-corrected chi connectivity index (χ4v) is 6.04. The van der Waals surface area contributed by atoms with Crippen molar-refractivity contribution in [3.05, 3.63) is 44.1 Å². The first kappa shape index (κ1) is 23.4. The molecular weight excluding hydrogens is 462 g/mol. The molecule has 9 nitrogen and oxygen atoms in total. The second-order valence-corrected chi connectivity index (χ2v) is 9.97. The first-order chi connectivity index (χ1) is 17.5. The number of nitrogens with one attached hydrogen (secondary N) is 2. The molecule has 36 heavy (non-hydrogen) atoms. The highest BCUT2D eigenvalue weighted by atomic mass is 16.7. The topological polar surface area (TPSA) is 102 Å². The normalized spacial score (nSPS) is 26.1. The van der Waals surface area contributed by atoms with Crippen LogP contribution in [0.3, 0.4) is 0 Å². The van der Waals surface area contributed by atoms with Gasteiger partial charge in [0.05, 0.1) is 11.3 Å². The van der Waals surface area contributed by atoms with Gasteiger partial charge in [0.1, 0.15) is 11.7 Å². The number of fused-ring (bicyclic) bond motifs is 6. The number of H-pyrrole nitrogens is 1. The summed E-state index contributed by atoms with van der Waals surface area (Å²) in [6, 6.07) is 3.92. The van der Waals surface area contributed by atoms with Crippen LogP contribution in [0.1, 0.15) is 35.2 Å². The third kappa shape index (κ3) is 3.53. The highest BCUT2D eigenvalue weighted by molar-refractivity contribution is 6.21. The van der Waals surface area contributed by atoms with Crippen molar-refractivity contribution >= 4 is 17.9 Å². The number of carbonyl (C=O) groups excluding carboxylic acids is 1. The third-order valence-electron chi connectivity index (χ3n) is 8.12. The maximum absolute atomic E-state index is 13.5. The molecule has 0 amide bonds. The Morgan fingerprint density at radius 2 is 1.92 bits per heavy atom. The lowest BCUT2D eigenvalue weighted by Gasteiger charge is -2.38. The van der Waals surface area contributed by atoms with Gasteiger partial charge in [-0.1, -0.05) is 0 Å². The molecule has 2 aliphatic carbocycles. The molecule has 9 heteroatoms. The summed E-state index contributed by atoms with van der Waals surface area (Å²) in [4.78, 5) is 32.2. The van der Waals surface area contributed by atoms with Gasteiger partial charge in [-0.2, -0.15) is 0 Å². The number of aromatic nitrogens is 1. The number of likely N-dealkylation sites (N-methyl/N-ethyl adjacent to an activating group) is 1. The number of pyridine rings is 1. The largest absolute Gasteiger partial charge is 0.454 e. The molecule has 1 aromatic heterocycles. The Balaban J connectivity index is 1.40. The van der Waals surface area contributed by atoms with E-state index in [1.54, 1.807) is 26.4 Å². The van der Waals surface area contributed by atoms with Crippen molar-refractivity contribution in [2.24, 2.45) is 0 Å². The Morgan fingerprint density at radius 3 is 2.64 bits per heavy atom. The summed E-state index contributed by atoms with van der Waals surface area (Å²) in [7, 11) is 5.45. The van der Waals surface area contributed by atoms with E-state index in [1.165, 1.54) is 0 Å². The molecule has 3 atom stereocenters. The molecule has 0 bridgehead atoms. The lowest BCUT2D eigenvalue weighted by atomic mass is 9.83. The number of ketones is 1. The fraction of sp³-hybridized carbons (Fsp3) is 0.481. The molecular formula is C27H31N3O6. The fourth-order valence-electron chi connectivity index (χ4n) is 6.04. The zero-order valence-electron chi connectivity index (χ0n) is 20.8. The molecule has 2 N–H and O–H groups in total. The van der Waals surface area contributed by atoms with E-state index in [1.807, 2.05) is 12.2 Å². The summed E-state index contributed by atoms with van der Waals surface area (Å²) in [6.07, 6.45) is 5.90. The van der Waals surface area contributed by atoms with Crippen molar-refractivity contribution in [1.29, 1.82) is 0 Å². The molecule has 0 radical (unpaired) electrons. The minimum Gasteiger partial charge on any atom is -0.454 e. The zero-order chi connectivity index (χ0) is 25.0. The van der Waals surface area contributed by atoms with Gasteiger partial charge in [0.2, 0.25) is 6.79 Å². The third-order valence-corrected chi connectivity index (χ3v) is 8.12. The minimum atomic E-state index is -0.805. The number of rotatable bonds is 6. The van der Waals surface area contributed by atoms with Crippen LogP contribution in [0, 0.1) is 0 Å². The van der Waals surface area contributed by atoms with Crippen molar-refractivity contribution in [3.8, 4) is 22.8 Å². The Kier molecular flexibility index (Phi) is 5.75. The Hall–Kier alpha value is -2.98. The average molecular weight is 494 g/mol. The summed E-state index contributed by atoms with van der Waals surface area (Å²) in [5.41, 5.74) is 1.06. The Labute approximate surface area is 208 Å². The second-order valence-electron chi connectivity index (χ2n) is 9.97. The first-order valence-electron chi connectivity index (χ1n) is 12.4. The summed E-state index contributed by atoms with van der Waals surface area (Å²) in [5.74, 6) is 0.951. The van der Waals surface area contributed by atoms with Crippen LogP contribution in [-0.4, -0.2) is 81.1 Å². The molecule has 1 fully saturated rings. The molecule has 3 heterocycles. The summed E-state index contributed by atoms with van der Waals surface area (Å²) >= 11 is 0. The number of benzene rings is 1. The molecule has 4 aliphatic rings. The van der Waals surface area contributed by atoms with Crippen molar-refractivity contribution in [2.75, 3.05) is 47.7 Å². The molecule has 6 rings (SSSR count). The van der Waals surface area contributed by atoms with Crippen molar-refractivity contribution in [3.63, 3.8) is 0 Å². The SMILES string of the molecule is COC1C=c2c3c([nH]c(=O)c2=CC1(CCCC1CNCCN1C)OC)-c1cc2c(cc1C3=O)OCO2. The Morgan fingerprint density at radius 1 is 1.14 bits per heavy atom. The molecule has 3 unspecified atom stereocenters. The van der Waals surface area contributed by atoms with Gasteiger partial charge in [-0.25, -0.2) is 0 Å². The van der Waals surface area contributed by atoms with Crippen LogP contribution >= 0.6 is 0 Å². The van der Waals surface area contributed by atoms with E-state index in [4.69, 9.17) is 18.9 Å². The maximum Gasteiger partial charge on any atom is 0.256 e. The number of nitrogens with zero attached hydrogens (tertiary/aromatic N) is 1. The van der Waals surface area contributed by atoms with Crippen LogP contribution in [0.4, 0.5) is 0 Å². The second kappa shape index (κ2) is 8.85. The monoisotopic (exact) mass is 493 g/mol. The number of aromatic amines is 1. The number of hydrogen-bond donors (Lipinski definition) is 2. The van der Waals surface area contributed by atoms with E-state index in [0.29, 0.717) is 56.8 Å². The highest BCUT2D eigenvalue weighted by Crippen LogP contribution is 2.42. The molecule has 1 saturated heterocycles. The van der Waals surface area contributed by atoms with E-state index >= 15 is 0 Å². The van der Waals surface area contributed by atoms with Crippen molar-refractivity contribution < 1.29 is 23.7 Å². The number of hydrogen-bond acceptors (Lipinski definition) is 8. The lowest BCUT2D eigenvalue weighted by Crippen LogP contribution is -2.55. The molecule has 1 aromatic carbocycles. The first-order valence-corrected chi connectivity index (χ1v) is 12.4. The predicted octanol–water partition coefficient (Wildman–Crippen LogP) is 0.364. The number of carbonyl (C=O) groups is 1. The zero-order valence-corrected chi connectivity index (χ0v) is 20.8. The molecule has 0 saturated carbocycles. The number of piperazine rings is 1. The number of ether oxygens (including phenoxy) is 4. The van der Waals surface area contributed by atoms with Crippen molar-refractivity contribution in [1.82, 2.24) is 15.2 Å². The molecule has 0 spiro atoms. The molecule has 190 valence electrons. The van der Waals surface area contributed by atoms with E-state index in [2.05, 4.69) is 22.2 Å². The smallest absolute Gasteiger partial charge is 0.256 e. The van der Waals surface area contributed by atoms with Gasteiger partial charge in [-0.05, 0) is 55.8 Å². The van der Waals surface area contributed by atoms with Gasteiger partial charge in [0.25, 0.3) is 5.56 Å². The van der Waals surface area contributed by atoms with Gasteiger partial charge in [0.15, 0.2) is 17.3 Å². The highest BCUT2D eigenvalue weighted by Gasteiger charge is 2.40. The van der Waals surface area contributed by atoms with Crippen LogP contribution < -0.4 is 30.8 Å². The predicted molar refractivity (Wildman–Crippen MR) is 134 cm³/mol. The standard InChI is InChI=1S/C27H31N3O6/c1-30-8-7-28-13-15(30)5-4-6-27(34-3)12-19-16(11-22(27)33-2)23-24(29-26(19)32)17-9-20-21(36-14-35-20)10-18(17)25(23)31/h9-12,15,22,28H,4-8,13-14H2,1-3H3,(H,29,32). The van der Waals surface area contributed by atoms with Crippen LogP contribution in [-0.2, 0) is 9.47 Å². The van der Waals surface area contributed by atoms with Crippen LogP contribution in [0.15, 0.2) is 16.9 Å².